The zero-order valence-corrected chi connectivity index (χ0v) is 9.11. The van der Waals surface area contributed by atoms with Gasteiger partial charge < -0.3 is 0 Å². The van der Waals surface area contributed by atoms with Crippen LogP contribution in [0.2, 0.25) is 0 Å². The molecule has 0 aliphatic heterocycles. The maximum atomic E-state index is 12.8. The third kappa shape index (κ3) is 2.40. The molecule has 18 heavy (non-hydrogen) atoms. The predicted molar refractivity (Wildman–Crippen MR) is 60.1 cm³/mol. The molecule has 1 aromatic heterocycles. The minimum Gasteiger partial charge on any atom is -0.298 e. The third-order valence-corrected chi connectivity index (χ3v) is 2.41. The smallest absolute Gasteiger partial charge is 0.298 e. The number of benzene rings is 1. The lowest BCUT2D eigenvalue weighted by atomic mass is 10.0. The van der Waals surface area contributed by atoms with Crippen molar-refractivity contribution in [3.63, 3.8) is 0 Å². The summed E-state index contributed by atoms with van der Waals surface area (Å²) in [5.41, 5.74) is -0.402. The average molecular weight is 251 g/mol. The molecular formula is C13H8F3NO. The monoisotopic (exact) mass is 251 g/mol. The molecule has 1 aromatic carbocycles. The molecule has 0 spiro atoms. The normalized spacial score (nSPS) is 11.3. The molecule has 0 aliphatic rings. The Kier molecular flexibility index (Phi) is 3.14. The topological polar surface area (TPSA) is 30.0 Å². The van der Waals surface area contributed by atoms with Gasteiger partial charge in [0, 0.05) is 17.3 Å². The predicted octanol–water partition coefficient (Wildman–Crippen LogP) is 3.58. The summed E-state index contributed by atoms with van der Waals surface area (Å²) in [6, 6.07) is 8.11. The van der Waals surface area contributed by atoms with Crippen LogP contribution >= 0.6 is 0 Å². The molecule has 1 heterocycles. The molecule has 5 heteroatoms. The summed E-state index contributed by atoms with van der Waals surface area (Å²) in [7, 11) is 0. The molecule has 92 valence electrons. The molecule has 0 bridgehead atoms. The van der Waals surface area contributed by atoms with Crippen molar-refractivity contribution < 1.29 is 18.0 Å². The summed E-state index contributed by atoms with van der Waals surface area (Å²) in [4.78, 5) is 14.4. The lowest BCUT2D eigenvalue weighted by Gasteiger charge is -2.11. The lowest BCUT2D eigenvalue weighted by molar-refractivity contribution is -0.137. The number of pyridine rings is 1. The van der Waals surface area contributed by atoms with Crippen molar-refractivity contribution in [3.8, 4) is 11.3 Å². The number of halogens is 3. The molecule has 0 saturated heterocycles. The summed E-state index contributed by atoms with van der Waals surface area (Å²) >= 11 is 0. The van der Waals surface area contributed by atoms with Gasteiger partial charge in [-0.1, -0.05) is 18.2 Å². The van der Waals surface area contributed by atoms with Crippen molar-refractivity contribution in [2.24, 2.45) is 0 Å². The summed E-state index contributed by atoms with van der Waals surface area (Å²) in [6.07, 6.45) is -2.60. The average Bonchev–Trinajstić information content (AvgIpc) is 2.38. The van der Waals surface area contributed by atoms with E-state index in [1.54, 1.807) is 0 Å². The number of nitrogens with zero attached hydrogens (tertiary/aromatic N) is 1. The molecular weight excluding hydrogens is 243 g/mol. The minimum atomic E-state index is -4.47. The lowest BCUT2D eigenvalue weighted by Crippen LogP contribution is -2.08. The second kappa shape index (κ2) is 4.60. The van der Waals surface area contributed by atoms with Crippen LogP contribution in [0, 0.1) is 0 Å². The van der Waals surface area contributed by atoms with E-state index in [-0.39, 0.29) is 11.3 Å². The second-order valence-corrected chi connectivity index (χ2v) is 3.64. The molecule has 0 N–H and O–H groups in total. The van der Waals surface area contributed by atoms with Crippen LogP contribution in [0.15, 0.2) is 42.6 Å². The Morgan fingerprint density at radius 2 is 1.89 bits per heavy atom. The van der Waals surface area contributed by atoms with Gasteiger partial charge in [0.2, 0.25) is 0 Å². The summed E-state index contributed by atoms with van der Waals surface area (Å²) in [5.74, 6) is 0. The quantitative estimate of drug-likeness (QED) is 0.763. The van der Waals surface area contributed by atoms with E-state index in [1.165, 1.54) is 36.5 Å². The molecule has 2 nitrogen and oxygen atoms in total. The van der Waals surface area contributed by atoms with Crippen molar-refractivity contribution in [3.05, 3.63) is 53.7 Å². The van der Waals surface area contributed by atoms with E-state index >= 15 is 0 Å². The molecule has 0 saturated carbocycles. The van der Waals surface area contributed by atoms with Gasteiger partial charge in [-0.2, -0.15) is 13.2 Å². The van der Waals surface area contributed by atoms with E-state index in [2.05, 4.69) is 4.98 Å². The number of hydrogen-bond acceptors (Lipinski definition) is 2. The number of hydrogen-bond donors (Lipinski definition) is 0. The van der Waals surface area contributed by atoms with Gasteiger partial charge in [0.25, 0.3) is 0 Å². The van der Waals surface area contributed by atoms with Crippen molar-refractivity contribution in [1.29, 1.82) is 0 Å². The molecule has 0 radical (unpaired) electrons. The Balaban J connectivity index is 2.60. The molecule has 2 rings (SSSR count). The molecule has 0 aliphatic carbocycles. The van der Waals surface area contributed by atoms with Gasteiger partial charge in [-0.25, -0.2) is 0 Å². The van der Waals surface area contributed by atoms with Gasteiger partial charge in [-0.05, 0) is 18.2 Å². The van der Waals surface area contributed by atoms with E-state index in [0.717, 1.165) is 6.07 Å². The maximum Gasteiger partial charge on any atom is 0.418 e. The van der Waals surface area contributed by atoms with Gasteiger partial charge in [0.05, 0.1) is 11.3 Å². The highest BCUT2D eigenvalue weighted by atomic mass is 19.4. The Bertz CT molecular complexity index is 578. The molecule has 0 atom stereocenters. The van der Waals surface area contributed by atoms with E-state index in [1.807, 2.05) is 0 Å². The number of alkyl halides is 3. The van der Waals surface area contributed by atoms with E-state index in [4.69, 9.17) is 0 Å². The van der Waals surface area contributed by atoms with Crippen molar-refractivity contribution in [2.45, 2.75) is 6.18 Å². The summed E-state index contributed by atoms with van der Waals surface area (Å²) < 4.78 is 38.4. The fourth-order valence-electron chi connectivity index (χ4n) is 1.62. The zero-order valence-electron chi connectivity index (χ0n) is 9.11. The number of aldehydes is 1. The molecule has 2 aromatic rings. The Morgan fingerprint density at radius 1 is 1.11 bits per heavy atom. The number of carbonyl (C=O) groups is 1. The SMILES string of the molecule is O=Cc1cccc(-c2ncccc2C(F)(F)F)c1. The zero-order chi connectivity index (χ0) is 13.2. The van der Waals surface area contributed by atoms with Crippen molar-refractivity contribution in [1.82, 2.24) is 4.98 Å². The molecule has 0 amide bonds. The first kappa shape index (κ1) is 12.3. The van der Waals surface area contributed by atoms with E-state index in [0.29, 0.717) is 11.8 Å². The van der Waals surface area contributed by atoms with Gasteiger partial charge in [-0.15, -0.1) is 0 Å². The van der Waals surface area contributed by atoms with Crippen LogP contribution in [0.4, 0.5) is 13.2 Å². The molecule has 0 fully saturated rings. The molecule has 0 unspecified atom stereocenters. The Hall–Kier alpha value is -2.17. The highest BCUT2D eigenvalue weighted by Gasteiger charge is 2.34. The van der Waals surface area contributed by atoms with Crippen LogP contribution in [-0.4, -0.2) is 11.3 Å². The third-order valence-electron chi connectivity index (χ3n) is 2.41. The summed E-state index contributed by atoms with van der Waals surface area (Å²) in [6.45, 7) is 0. The largest absolute Gasteiger partial charge is 0.418 e. The first-order chi connectivity index (χ1) is 8.52. The Morgan fingerprint density at radius 3 is 2.56 bits per heavy atom. The van der Waals surface area contributed by atoms with Crippen LogP contribution in [0.25, 0.3) is 11.3 Å². The Labute approximate surface area is 101 Å². The van der Waals surface area contributed by atoms with Crippen LogP contribution in [-0.2, 0) is 6.18 Å². The van der Waals surface area contributed by atoms with E-state index in [9.17, 15) is 18.0 Å². The summed E-state index contributed by atoms with van der Waals surface area (Å²) in [5, 5.41) is 0. The van der Waals surface area contributed by atoms with Crippen molar-refractivity contribution in [2.75, 3.05) is 0 Å². The van der Waals surface area contributed by atoms with Crippen LogP contribution in [0.5, 0.6) is 0 Å². The minimum absolute atomic E-state index is 0.172. The standard InChI is InChI=1S/C13H8F3NO/c14-13(15,16)11-5-2-6-17-12(11)10-4-1-3-9(7-10)8-18/h1-8H. The maximum absolute atomic E-state index is 12.8. The van der Waals surface area contributed by atoms with Gasteiger partial charge in [0.1, 0.15) is 6.29 Å². The number of rotatable bonds is 2. The van der Waals surface area contributed by atoms with Crippen LogP contribution in [0.3, 0.4) is 0 Å². The highest BCUT2D eigenvalue weighted by Crippen LogP contribution is 2.35. The number of carbonyl (C=O) groups excluding carboxylic acids is 1. The first-order valence-corrected chi connectivity index (χ1v) is 5.10. The van der Waals surface area contributed by atoms with Crippen molar-refractivity contribution >= 4 is 6.29 Å². The van der Waals surface area contributed by atoms with Crippen LogP contribution in [0.1, 0.15) is 15.9 Å². The first-order valence-electron chi connectivity index (χ1n) is 5.10. The van der Waals surface area contributed by atoms with Gasteiger partial charge >= 0.3 is 6.18 Å². The fraction of sp³-hybridized carbons (Fsp3) is 0.0769. The van der Waals surface area contributed by atoms with Crippen LogP contribution < -0.4 is 0 Å². The van der Waals surface area contributed by atoms with Gasteiger partial charge in [0.15, 0.2) is 0 Å². The van der Waals surface area contributed by atoms with E-state index < -0.39 is 11.7 Å². The second-order valence-electron chi connectivity index (χ2n) is 3.64. The fourth-order valence-corrected chi connectivity index (χ4v) is 1.62. The van der Waals surface area contributed by atoms with Gasteiger partial charge in [-0.3, -0.25) is 9.78 Å². The number of aromatic nitrogens is 1. The highest BCUT2D eigenvalue weighted by molar-refractivity contribution is 5.78.